The number of aromatic hydroxyl groups is 1. The molecule has 0 spiro atoms. The molecule has 1 aromatic heterocycles. The predicted molar refractivity (Wildman–Crippen MR) is 156 cm³/mol. The van der Waals surface area contributed by atoms with Crippen LogP contribution in [-0.4, -0.2) is 76.7 Å². The van der Waals surface area contributed by atoms with Gasteiger partial charge in [-0.05, 0) is 63.4 Å². The van der Waals surface area contributed by atoms with E-state index in [4.69, 9.17) is 16.6 Å². The Kier molecular flexibility index (Phi) is 7.23. The maximum atomic E-state index is 16.4. The number of benzene rings is 2. The van der Waals surface area contributed by atoms with Gasteiger partial charge in [-0.2, -0.15) is 4.98 Å². The summed E-state index contributed by atoms with van der Waals surface area (Å²) >= 11 is 6.60. The van der Waals surface area contributed by atoms with Gasteiger partial charge in [0.15, 0.2) is 5.82 Å². The third kappa shape index (κ3) is 5.08. The fraction of sp³-hybridized carbons (Fsp3) is 0.433. The number of piperazine rings is 1. The number of carbonyl (C=O) groups excluding carboxylic acids is 1. The van der Waals surface area contributed by atoms with Gasteiger partial charge in [-0.25, -0.2) is 13.8 Å². The number of anilines is 2. The van der Waals surface area contributed by atoms with Crippen molar-refractivity contribution >= 4 is 40.2 Å². The third-order valence-corrected chi connectivity index (χ3v) is 8.66. The Morgan fingerprint density at radius 2 is 1.90 bits per heavy atom. The van der Waals surface area contributed by atoms with Crippen molar-refractivity contribution in [3.05, 3.63) is 53.6 Å². The lowest BCUT2D eigenvalue weighted by Crippen LogP contribution is -2.59. The highest BCUT2D eigenvalue weighted by atomic mass is 35.5. The van der Waals surface area contributed by atoms with E-state index in [0.717, 1.165) is 18.5 Å². The molecule has 2 aliphatic heterocycles. The van der Waals surface area contributed by atoms with E-state index in [1.54, 1.807) is 4.90 Å². The zero-order chi connectivity index (χ0) is 29.0. The van der Waals surface area contributed by atoms with Crippen LogP contribution in [0.4, 0.5) is 20.5 Å². The number of fused-ring (bicyclic) bond motifs is 1. The molecular weight excluding hydrogens is 550 g/mol. The molecule has 216 valence electrons. The summed E-state index contributed by atoms with van der Waals surface area (Å²) in [5.41, 5.74) is -0.572. The summed E-state index contributed by atoms with van der Waals surface area (Å²) in [6.07, 6.45) is 3.85. The van der Waals surface area contributed by atoms with Gasteiger partial charge >= 0.3 is 0 Å². The Morgan fingerprint density at radius 3 is 2.59 bits per heavy atom. The maximum absolute atomic E-state index is 16.4. The minimum atomic E-state index is -0.831. The van der Waals surface area contributed by atoms with E-state index in [0.29, 0.717) is 49.4 Å². The van der Waals surface area contributed by atoms with Gasteiger partial charge in [-0.1, -0.05) is 24.2 Å². The Labute approximate surface area is 242 Å². The number of aromatic nitrogens is 2. The molecule has 2 aromatic carbocycles. The monoisotopic (exact) mass is 582 g/mol. The molecule has 3 fully saturated rings. The molecule has 3 aliphatic rings. The van der Waals surface area contributed by atoms with Crippen molar-refractivity contribution in [2.75, 3.05) is 42.5 Å². The van der Waals surface area contributed by atoms with E-state index >= 15 is 4.39 Å². The molecule has 6 rings (SSSR count). The number of hydrogen-bond acceptors (Lipinski definition) is 7. The molecule has 1 amide bonds. The van der Waals surface area contributed by atoms with Crippen molar-refractivity contribution in [1.82, 2.24) is 20.2 Å². The number of amides is 1. The second-order valence-corrected chi connectivity index (χ2v) is 11.8. The number of phenols is 1. The van der Waals surface area contributed by atoms with E-state index in [2.05, 4.69) is 16.9 Å². The van der Waals surface area contributed by atoms with Crippen LogP contribution in [-0.2, 0) is 4.79 Å². The Bertz CT molecular complexity index is 1510. The number of hydrogen-bond donors (Lipinski definition) is 2. The number of phenolic OH excluding ortho intramolecular Hbond substituents is 1. The molecule has 41 heavy (non-hydrogen) atoms. The summed E-state index contributed by atoms with van der Waals surface area (Å²) in [5.74, 6) is -0.570. The topological polar surface area (TPSA) is 84.8 Å². The lowest BCUT2D eigenvalue weighted by molar-refractivity contribution is -0.128. The summed E-state index contributed by atoms with van der Waals surface area (Å²) in [7, 11) is 0. The first-order valence-electron chi connectivity index (χ1n) is 14.0. The number of carbonyl (C=O) groups is 1. The molecule has 2 N–H and O–H groups in total. The highest BCUT2D eigenvalue weighted by molar-refractivity contribution is 6.34. The van der Waals surface area contributed by atoms with Gasteiger partial charge in [0.2, 0.25) is 11.9 Å². The average Bonchev–Trinajstić information content (AvgIpc) is 3.74. The molecule has 0 unspecified atom stereocenters. The molecule has 3 aromatic rings. The first-order chi connectivity index (χ1) is 19.7. The minimum Gasteiger partial charge on any atom is -0.507 e. The van der Waals surface area contributed by atoms with Crippen molar-refractivity contribution in [3.8, 4) is 16.9 Å². The number of nitrogens with zero attached hydrogens (tertiary/aromatic N) is 5. The third-order valence-electron chi connectivity index (χ3n) is 8.36. The normalized spacial score (nSPS) is 21.3. The standard InChI is InChI=1S/C30H33ClF2N6O2/c1-4-24(41)38-12-17(3)39(13-16(38)2)29-20-10-21(31)25(26-22(32)6-5-7-23(26)40)27(33)28(20)35-30(36-29)37-14-19(15-37)34-11-18-8-9-18/h4-7,10,16-19,34,40H,1,8-9,11-15H2,2-3H3/t16-,17+/m1/s1. The summed E-state index contributed by atoms with van der Waals surface area (Å²) in [4.78, 5) is 27.8. The molecule has 1 aliphatic carbocycles. The van der Waals surface area contributed by atoms with Crippen LogP contribution in [0, 0.1) is 17.6 Å². The van der Waals surface area contributed by atoms with Crippen LogP contribution in [0.25, 0.3) is 22.0 Å². The molecular formula is C30H33ClF2N6O2. The van der Waals surface area contributed by atoms with E-state index < -0.39 is 17.4 Å². The first-order valence-corrected chi connectivity index (χ1v) is 14.4. The van der Waals surface area contributed by atoms with Crippen LogP contribution in [0.2, 0.25) is 5.02 Å². The van der Waals surface area contributed by atoms with Gasteiger partial charge in [0, 0.05) is 55.3 Å². The van der Waals surface area contributed by atoms with Crippen LogP contribution in [0.5, 0.6) is 5.75 Å². The lowest BCUT2D eigenvalue weighted by Gasteiger charge is -2.45. The zero-order valence-electron chi connectivity index (χ0n) is 23.1. The van der Waals surface area contributed by atoms with Gasteiger partial charge in [0.05, 0.1) is 10.6 Å². The molecule has 0 radical (unpaired) electrons. The molecule has 3 heterocycles. The van der Waals surface area contributed by atoms with E-state index in [1.807, 2.05) is 23.6 Å². The van der Waals surface area contributed by atoms with Crippen LogP contribution < -0.4 is 15.1 Å². The van der Waals surface area contributed by atoms with E-state index in [1.165, 1.54) is 37.1 Å². The van der Waals surface area contributed by atoms with Crippen LogP contribution in [0.3, 0.4) is 0 Å². The molecule has 2 saturated heterocycles. The largest absolute Gasteiger partial charge is 0.507 e. The second kappa shape index (κ2) is 10.7. The zero-order valence-corrected chi connectivity index (χ0v) is 23.8. The molecule has 2 atom stereocenters. The van der Waals surface area contributed by atoms with Crippen LogP contribution in [0.15, 0.2) is 36.9 Å². The van der Waals surface area contributed by atoms with Crippen molar-refractivity contribution in [1.29, 1.82) is 0 Å². The first kappa shape index (κ1) is 27.7. The van der Waals surface area contributed by atoms with Gasteiger partial charge < -0.3 is 25.1 Å². The van der Waals surface area contributed by atoms with Crippen molar-refractivity contribution in [3.63, 3.8) is 0 Å². The molecule has 0 bridgehead atoms. The second-order valence-electron chi connectivity index (χ2n) is 11.4. The van der Waals surface area contributed by atoms with Gasteiger partial charge in [0.1, 0.15) is 22.9 Å². The molecule has 1 saturated carbocycles. The van der Waals surface area contributed by atoms with Crippen LogP contribution in [0.1, 0.15) is 26.7 Å². The van der Waals surface area contributed by atoms with Gasteiger partial charge in [0.25, 0.3) is 0 Å². The summed E-state index contributed by atoms with van der Waals surface area (Å²) < 4.78 is 31.3. The fourth-order valence-corrected chi connectivity index (χ4v) is 6.08. The Hall–Kier alpha value is -3.50. The number of nitrogens with one attached hydrogen (secondary N) is 1. The van der Waals surface area contributed by atoms with E-state index in [-0.39, 0.29) is 39.7 Å². The van der Waals surface area contributed by atoms with Gasteiger partial charge in [-0.15, -0.1) is 0 Å². The SMILES string of the molecule is C=CC(=O)N1C[C@H](C)N(c2nc(N3CC(NCC4CC4)C3)nc3c(F)c(-c4c(O)cccc4F)c(Cl)cc23)C[C@H]1C. The lowest BCUT2D eigenvalue weighted by atomic mass is 10.00. The smallest absolute Gasteiger partial charge is 0.246 e. The van der Waals surface area contributed by atoms with Crippen molar-refractivity contribution in [2.45, 2.75) is 44.8 Å². The highest BCUT2D eigenvalue weighted by Gasteiger charge is 2.36. The van der Waals surface area contributed by atoms with Crippen molar-refractivity contribution < 1.29 is 18.7 Å². The quantitative estimate of drug-likeness (QED) is 0.390. The summed E-state index contributed by atoms with van der Waals surface area (Å²) in [6, 6.07) is 5.31. The fourth-order valence-electron chi connectivity index (χ4n) is 5.79. The molecule has 11 heteroatoms. The molecule has 8 nitrogen and oxygen atoms in total. The number of halogens is 3. The Balaban J connectivity index is 1.44. The maximum Gasteiger partial charge on any atom is 0.246 e. The minimum absolute atomic E-state index is 0.00843. The highest BCUT2D eigenvalue weighted by Crippen LogP contribution is 2.43. The number of rotatable bonds is 7. The average molecular weight is 583 g/mol. The van der Waals surface area contributed by atoms with Crippen molar-refractivity contribution in [2.24, 2.45) is 5.92 Å². The Morgan fingerprint density at radius 1 is 1.15 bits per heavy atom. The summed E-state index contributed by atoms with van der Waals surface area (Å²) in [6.45, 7) is 10.8. The van der Waals surface area contributed by atoms with Gasteiger partial charge in [-0.3, -0.25) is 4.79 Å². The van der Waals surface area contributed by atoms with Crippen LogP contribution >= 0.6 is 11.6 Å². The predicted octanol–water partition coefficient (Wildman–Crippen LogP) is 4.73. The summed E-state index contributed by atoms with van der Waals surface area (Å²) in [5, 5.41) is 14.3. The van der Waals surface area contributed by atoms with E-state index in [9.17, 15) is 14.3 Å².